The van der Waals surface area contributed by atoms with Crippen LogP contribution in [0.5, 0.6) is 0 Å². The van der Waals surface area contributed by atoms with E-state index in [4.69, 9.17) is 0 Å². The van der Waals surface area contributed by atoms with Gasteiger partial charge in [0, 0.05) is 5.92 Å². The van der Waals surface area contributed by atoms with E-state index in [1.165, 1.54) is 0 Å². The number of carboxylic acid groups (broad SMARTS) is 2. The maximum absolute atomic E-state index is 10.1. The van der Waals surface area contributed by atoms with Gasteiger partial charge < -0.3 is 19.8 Å². The third kappa shape index (κ3) is 3.60. The third-order valence-corrected chi connectivity index (χ3v) is 1.42. The van der Waals surface area contributed by atoms with Crippen LogP contribution < -0.4 is 10.2 Å². The molecule has 0 fully saturated rings. The summed E-state index contributed by atoms with van der Waals surface area (Å²) in [5.41, 5.74) is 0. The minimum absolute atomic E-state index is 0.0984. The number of hydrogen-bond acceptors (Lipinski definition) is 4. The zero-order valence-electron chi connectivity index (χ0n) is 6.33. The third-order valence-electron chi connectivity index (χ3n) is 1.42. The first kappa shape index (κ1) is 9.94. The number of carbonyl (C=O) groups is 2. The Labute approximate surface area is 64.8 Å². The highest BCUT2D eigenvalue weighted by Crippen LogP contribution is 2.06. The van der Waals surface area contributed by atoms with Crippen LogP contribution in [0, 0.1) is 5.92 Å². The van der Waals surface area contributed by atoms with Gasteiger partial charge >= 0.3 is 0 Å². The van der Waals surface area contributed by atoms with Gasteiger partial charge in [-0.3, -0.25) is 0 Å². The minimum Gasteiger partial charge on any atom is -0.549 e. The van der Waals surface area contributed by atoms with Crippen LogP contribution >= 0.6 is 0 Å². The van der Waals surface area contributed by atoms with E-state index in [9.17, 15) is 19.8 Å². The number of hydrogen-bond donors (Lipinski definition) is 0. The number of aliphatic carboxylic acids is 2. The van der Waals surface area contributed by atoms with Gasteiger partial charge in [0.1, 0.15) is 0 Å². The predicted octanol–water partition coefficient (Wildman–Crippen LogP) is -1.71. The monoisotopic (exact) mass is 158 g/mol. The number of rotatable bonds is 5. The highest BCUT2D eigenvalue weighted by atomic mass is 16.4. The number of unbranched alkanes of at least 4 members (excludes halogenated alkanes) is 1. The molecule has 0 bridgehead atoms. The first-order valence-electron chi connectivity index (χ1n) is 3.51. The molecule has 0 radical (unpaired) electrons. The summed E-state index contributed by atoms with van der Waals surface area (Å²) >= 11 is 0. The molecule has 0 aliphatic heterocycles. The van der Waals surface area contributed by atoms with E-state index in [0.29, 0.717) is 6.42 Å². The van der Waals surface area contributed by atoms with Crippen LogP contribution in [0.4, 0.5) is 0 Å². The van der Waals surface area contributed by atoms with Crippen molar-refractivity contribution in [1.29, 1.82) is 0 Å². The van der Waals surface area contributed by atoms with Gasteiger partial charge in [-0.05, 0) is 6.42 Å². The van der Waals surface area contributed by atoms with Crippen molar-refractivity contribution in [2.45, 2.75) is 26.2 Å². The van der Waals surface area contributed by atoms with E-state index in [0.717, 1.165) is 6.42 Å². The largest absolute Gasteiger partial charge is 0.549 e. The molecule has 0 aliphatic rings. The van der Waals surface area contributed by atoms with Crippen molar-refractivity contribution >= 4 is 11.9 Å². The molecule has 0 amide bonds. The smallest absolute Gasteiger partial charge is 0.0501 e. The molecule has 0 aliphatic carbocycles. The molecule has 11 heavy (non-hydrogen) atoms. The lowest BCUT2D eigenvalue weighted by molar-refractivity contribution is -0.332. The second-order valence-electron chi connectivity index (χ2n) is 2.33. The maximum atomic E-state index is 10.1. The summed E-state index contributed by atoms with van der Waals surface area (Å²) in [6.07, 6.45) is 1.42. The van der Waals surface area contributed by atoms with E-state index in [2.05, 4.69) is 0 Å². The van der Waals surface area contributed by atoms with Gasteiger partial charge in [0.2, 0.25) is 0 Å². The normalized spacial score (nSPS) is 10.0. The highest BCUT2D eigenvalue weighted by molar-refractivity contribution is 5.90. The summed E-state index contributed by atoms with van der Waals surface area (Å²) in [6, 6.07) is 0. The zero-order valence-corrected chi connectivity index (χ0v) is 6.33. The van der Waals surface area contributed by atoms with Crippen LogP contribution in [-0.4, -0.2) is 11.9 Å². The molecule has 4 heteroatoms. The Morgan fingerprint density at radius 2 is 1.73 bits per heavy atom. The zero-order chi connectivity index (χ0) is 8.85. The van der Waals surface area contributed by atoms with Gasteiger partial charge in [0.25, 0.3) is 0 Å². The Balaban J connectivity index is 3.90. The summed E-state index contributed by atoms with van der Waals surface area (Å²) < 4.78 is 0. The van der Waals surface area contributed by atoms with Gasteiger partial charge in [-0.25, -0.2) is 0 Å². The second-order valence-corrected chi connectivity index (χ2v) is 2.33. The van der Waals surface area contributed by atoms with E-state index < -0.39 is 17.9 Å². The Kier molecular flexibility index (Phi) is 4.26. The van der Waals surface area contributed by atoms with E-state index in [1.54, 1.807) is 0 Å². The lowest BCUT2D eigenvalue weighted by Gasteiger charge is -2.17. The summed E-state index contributed by atoms with van der Waals surface area (Å²) in [6.45, 7) is 1.85. The van der Waals surface area contributed by atoms with E-state index >= 15 is 0 Å². The first-order chi connectivity index (χ1) is 5.09. The Morgan fingerprint density at radius 1 is 1.27 bits per heavy atom. The summed E-state index contributed by atoms with van der Waals surface area (Å²) in [4.78, 5) is 20.2. The van der Waals surface area contributed by atoms with Crippen molar-refractivity contribution in [3.63, 3.8) is 0 Å². The van der Waals surface area contributed by atoms with Crippen LogP contribution in [-0.2, 0) is 9.59 Å². The lowest BCUT2D eigenvalue weighted by Crippen LogP contribution is -2.43. The van der Waals surface area contributed by atoms with E-state index in [-0.39, 0.29) is 6.42 Å². The standard InChI is InChI=1S/C7H12O4/c1-2-3-4-5(6(8)9)7(10)11/h5H,2-4H2,1H3,(H,8,9)(H,10,11)/p-2. The Hall–Kier alpha value is -1.06. The SMILES string of the molecule is CCCCC(C(=O)[O-])C(=O)[O-]. The molecule has 0 saturated carbocycles. The second kappa shape index (κ2) is 4.71. The van der Waals surface area contributed by atoms with Crippen molar-refractivity contribution in [3.05, 3.63) is 0 Å². The molecular formula is C7H10O4-2. The van der Waals surface area contributed by atoms with Crippen molar-refractivity contribution in [1.82, 2.24) is 0 Å². The molecule has 0 atom stereocenters. The van der Waals surface area contributed by atoms with E-state index in [1.807, 2.05) is 6.92 Å². The van der Waals surface area contributed by atoms with Crippen molar-refractivity contribution in [2.24, 2.45) is 5.92 Å². The fourth-order valence-electron chi connectivity index (χ4n) is 0.740. The van der Waals surface area contributed by atoms with Gasteiger partial charge in [-0.15, -0.1) is 0 Å². The van der Waals surface area contributed by atoms with Crippen molar-refractivity contribution in [2.75, 3.05) is 0 Å². The fourth-order valence-corrected chi connectivity index (χ4v) is 0.740. The molecule has 0 aromatic rings. The topological polar surface area (TPSA) is 80.3 Å². The molecule has 0 rings (SSSR count). The van der Waals surface area contributed by atoms with Gasteiger partial charge in [0.15, 0.2) is 0 Å². The first-order valence-corrected chi connectivity index (χ1v) is 3.51. The quantitative estimate of drug-likeness (QED) is 0.446. The van der Waals surface area contributed by atoms with Crippen molar-refractivity contribution < 1.29 is 19.8 Å². The van der Waals surface area contributed by atoms with Crippen LogP contribution in [0.15, 0.2) is 0 Å². The van der Waals surface area contributed by atoms with Crippen LogP contribution in [0.3, 0.4) is 0 Å². The molecule has 0 saturated heterocycles. The molecular weight excluding hydrogens is 148 g/mol. The summed E-state index contributed by atoms with van der Waals surface area (Å²) in [5.74, 6) is -4.56. The predicted molar refractivity (Wildman–Crippen MR) is 33.0 cm³/mol. The highest BCUT2D eigenvalue weighted by Gasteiger charge is 2.09. The molecule has 0 unspecified atom stereocenters. The van der Waals surface area contributed by atoms with Gasteiger partial charge in [0.05, 0.1) is 11.9 Å². The Morgan fingerprint density at radius 3 is 2.00 bits per heavy atom. The van der Waals surface area contributed by atoms with Gasteiger partial charge in [-0.1, -0.05) is 19.8 Å². The number of carboxylic acids is 2. The molecule has 0 aromatic carbocycles. The number of carbonyl (C=O) groups excluding carboxylic acids is 2. The average molecular weight is 158 g/mol. The van der Waals surface area contributed by atoms with Gasteiger partial charge in [-0.2, -0.15) is 0 Å². The molecule has 4 nitrogen and oxygen atoms in total. The summed E-state index contributed by atoms with van der Waals surface area (Å²) in [5, 5.41) is 20.2. The van der Waals surface area contributed by atoms with Crippen LogP contribution in [0.1, 0.15) is 26.2 Å². The Bertz CT molecular complexity index is 139. The molecule has 0 heterocycles. The molecule has 64 valence electrons. The fraction of sp³-hybridized carbons (Fsp3) is 0.714. The molecule has 0 spiro atoms. The minimum atomic E-state index is -1.56. The lowest BCUT2D eigenvalue weighted by atomic mass is 10.0. The van der Waals surface area contributed by atoms with Crippen LogP contribution in [0.2, 0.25) is 0 Å². The average Bonchev–Trinajstić information content (AvgIpc) is 1.87. The van der Waals surface area contributed by atoms with Crippen LogP contribution in [0.25, 0.3) is 0 Å². The molecule has 0 N–H and O–H groups in total. The maximum Gasteiger partial charge on any atom is 0.0501 e. The van der Waals surface area contributed by atoms with Crippen molar-refractivity contribution in [3.8, 4) is 0 Å². The summed E-state index contributed by atoms with van der Waals surface area (Å²) in [7, 11) is 0. The molecule has 0 aromatic heterocycles.